The lowest BCUT2D eigenvalue weighted by Crippen LogP contribution is -2.45. The molecule has 0 aliphatic carbocycles. The van der Waals surface area contributed by atoms with Crippen LogP contribution >= 0.6 is 0 Å². The zero-order valence-electron chi connectivity index (χ0n) is 13.5. The summed E-state index contributed by atoms with van der Waals surface area (Å²) in [5.41, 5.74) is 0.238. The molecule has 1 aromatic carbocycles. The minimum absolute atomic E-state index is 0.107. The summed E-state index contributed by atoms with van der Waals surface area (Å²) < 4.78 is 25.9. The monoisotopic (exact) mass is 342 g/mol. The molecule has 2 rings (SSSR count). The molecule has 1 atom stereocenters. The Hall–Kier alpha value is -1.71. The predicted octanol–water partition coefficient (Wildman–Crippen LogP) is 1.03. The fraction of sp³-hybridized carbons (Fsp3) is 0.571. The molecule has 1 aromatic rings. The summed E-state index contributed by atoms with van der Waals surface area (Å²) in [6.07, 6.45) is 1.99. The van der Waals surface area contributed by atoms with Crippen LogP contribution in [0.1, 0.15) is 12.8 Å². The number of likely N-dealkylation sites (N-methyl/N-ethyl adjacent to an activating group) is 2. The molecule has 0 amide bonds. The van der Waals surface area contributed by atoms with Crippen molar-refractivity contribution in [1.29, 1.82) is 0 Å². The van der Waals surface area contributed by atoms with E-state index in [0.717, 1.165) is 32.0 Å². The zero-order chi connectivity index (χ0) is 17.2. The molecule has 0 unspecified atom stereocenters. The average molecular weight is 342 g/mol. The Balaban J connectivity index is 2.40. The maximum atomic E-state index is 11.8. The van der Waals surface area contributed by atoms with Gasteiger partial charge in [0.2, 0.25) is 10.0 Å². The lowest BCUT2D eigenvalue weighted by atomic mass is 10.0. The summed E-state index contributed by atoms with van der Waals surface area (Å²) in [5.74, 6) is 0. The third-order valence-corrected chi connectivity index (χ3v) is 5.66. The van der Waals surface area contributed by atoms with Crippen LogP contribution in [0.2, 0.25) is 0 Å². The van der Waals surface area contributed by atoms with E-state index in [4.69, 9.17) is 0 Å². The Morgan fingerprint density at radius 2 is 2.13 bits per heavy atom. The third-order valence-electron chi connectivity index (χ3n) is 4.25. The van der Waals surface area contributed by atoms with Gasteiger partial charge in [0.05, 0.1) is 9.82 Å². The number of nitro groups is 1. The largest absolute Gasteiger partial charge is 0.365 e. The topological polar surface area (TPSA) is 95.8 Å². The number of rotatable bonds is 5. The first-order valence-electron chi connectivity index (χ1n) is 7.39. The first-order chi connectivity index (χ1) is 10.8. The second kappa shape index (κ2) is 6.81. The van der Waals surface area contributed by atoms with Crippen LogP contribution in [0.4, 0.5) is 11.4 Å². The average Bonchev–Trinajstić information content (AvgIpc) is 2.53. The van der Waals surface area contributed by atoms with E-state index in [0.29, 0.717) is 5.69 Å². The molecule has 128 valence electrons. The van der Waals surface area contributed by atoms with Crippen LogP contribution in [0.15, 0.2) is 23.1 Å². The molecule has 1 aliphatic rings. The van der Waals surface area contributed by atoms with E-state index in [1.54, 1.807) is 0 Å². The van der Waals surface area contributed by atoms with Crippen molar-refractivity contribution in [2.24, 2.45) is 0 Å². The molecule has 1 aliphatic heterocycles. The molecule has 1 heterocycles. The summed E-state index contributed by atoms with van der Waals surface area (Å²) in [7, 11) is 1.41. The number of nitrogens with one attached hydrogen (secondary N) is 1. The molecular formula is C14H22N4O4S. The normalized spacial score (nSPS) is 19.5. The Labute approximate surface area is 136 Å². The van der Waals surface area contributed by atoms with Gasteiger partial charge in [0.15, 0.2) is 0 Å². The van der Waals surface area contributed by atoms with Crippen molar-refractivity contribution in [3.63, 3.8) is 0 Å². The second-order valence-corrected chi connectivity index (χ2v) is 7.67. The highest BCUT2D eigenvalue weighted by Crippen LogP contribution is 2.32. The Kier molecular flexibility index (Phi) is 5.23. The molecule has 0 radical (unpaired) electrons. The van der Waals surface area contributed by atoms with Crippen LogP contribution < -0.4 is 9.62 Å². The molecule has 1 fully saturated rings. The number of nitro benzene ring substituents is 1. The smallest absolute Gasteiger partial charge is 0.293 e. The number of hydrogen-bond acceptors (Lipinski definition) is 6. The maximum Gasteiger partial charge on any atom is 0.293 e. The molecule has 0 saturated carbocycles. The summed E-state index contributed by atoms with van der Waals surface area (Å²) in [4.78, 5) is 14.8. The van der Waals surface area contributed by atoms with Crippen molar-refractivity contribution in [1.82, 2.24) is 9.62 Å². The minimum Gasteiger partial charge on any atom is -0.365 e. The second-order valence-electron chi connectivity index (χ2n) is 5.78. The summed E-state index contributed by atoms with van der Waals surface area (Å²) >= 11 is 0. The van der Waals surface area contributed by atoms with Gasteiger partial charge in [-0.05, 0) is 45.6 Å². The van der Waals surface area contributed by atoms with Crippen LogP contribution in [0.3, 0.4) is 0 Å². The van der Waals surface area contributed by atoms with Crippen molar-refractivity contribution < 1.29 is 13.3 Å². The van der Waals surface area contributed by atoms with Crippen molar-refractivity contribution in [3.8, 4) is 0 Å². The molecule has 1 N–H and O–H groups in total. The van der Waals surface area contributed by atoms with E-state index in [1.165, 1.54) is 19.2 Å². The van der Waals surface area contributed by atoms with E-state index in [1.807, 2.05) is 19.0 Å². The standard InChI is InChI=1S/C14H22N4O4S/c1-15-23(21,22)12-6-7-13(14(9-12)18(19)20)17(3)11-5-4-8-16(2)10-11/h6-7,9,11,15H,4-5,8,10H2,1-3H3/t11-/m1/s1. The highest BCUT2D eigenvalue weighted by molar-refractivity contribution is 7.89. The molecule has 9 heteroatoms. The van der Waals surface area contributed by atoms with Gasteiger partial charge in [-0.2, -0.15) is 0 Å². The predicted molar refractivity (Wildman–Crippen MR) is 88.3 cm³/mol. The number of benzene rings is 1. The molecule has 8 nitrogen and oxygen atoms in total. The fourth-order valence-corrected chi connectivity index (χ4v) is 3.63. The van der Waals surface area contributed by atoms with Crippen molar-refractivity contribution in [3.05, 3.63) is 28.3 Å². The molecule has 0 bridgehead atoms. The van der Waals surface area contributed by atoms with E-state index in [-0.39, 0.29) is 16.6 Å². The van der Waals surface area contributed by atoms with Gasteiger partial charge < -0.3 is 9.80 Å². The summed E-state index contributed by atoms with van der Waals surface area (Å²) in [6.45, 7) is 1.84. The van der Waals surface area contributed by atoms with Gasteiger partial charge in [0.25, 0.3) is 5.69 Å². The first kappa shape index (κ1) is 17.6. The highest BCUT2D eigenvalue weighted by atomic mass is 32.2. The van der Waals surface area contributed by atoms with Crippen LogP contribution in [0.5, 0.6) is 0 Å². The molecule has 1 saturated heterocycles. The van der Waals surface area contributed by atoms with Crippen LogP contribution in [0, 0.1) is 10.1 Å². The molecule has 23 heavy (non-hydrogen) atoms. The van der Waals surface area contributed by atoms with Gasteiger partial charge in [-0.15, -0.1) is 0 Å². The van der Waals surface area contributed by atoms with Gasteiger partial charge in [0, 0.05) is 25.7 Å². The van der Waals surface area contributed by atoms with Crippen molar-refractivity contribution in [2.45, 2.75) is 23.8 Å². The number of nitrogens with zero attached hydrogens (tertiary/aromatic N) is 3. The molecule has 0 aromatic heterocycles. The lowest BCUT2D eigenvalue weighted by molar-refractivity contribution is -0.384. The zero-order valence-corrected chi connectivity index (χ0v) is 14.3. The number of anilines is 1. The number of sulfonamides is 1. The van der Waals surface area contributed by atoms with E-state index >= 15 is 0 Å². The fourth-order valence-electron chi connectivity index (χ4n) is 2.88. The van der Waals surface area contributed by atoms with Gasteiger partial charge in [-0.3, -0.25) is 10.1 Å². The van der Waals surface area contributed by atoms with E-state index in [2.05, 4.69) is 9.62 Å². The number of likely N-dealkylation sites (tertiary alicyclic amines) is 1. The van der Waals surface area contributed by atoms with Crippen molar-refractivity contribution in [2.75, 3.05) is 39.1 Å². The van der Waals surface area contributed by atoms with E-state index in [9.17, 15) is 18.5 Å². The van der Waals surface area contributed by atoms with Gasteiger partial charge in [-0.25, -0.2) is 13.1 Å². The first-order valence-corrected chi connectivity index (χ1v) is 8.88. The van der Waals surface area contributed by atoms with Crippen LogP contribution in [0.25, 0.3) is 0 Å². The molecular weight excluding hydrogens is 320 g/mol. The van der Waals surface area contributed by atoms with Crippen LogP contribution in [-0.4, -0.2) is 58.5 Å². The number of piperidine rings is 1. The SMILES string of the molecule is CNS(=O)(=O)c1ccc(N(C)[C@@H]2CCCN(C)C2)c([N+](=O)[O-])c1. The van der Waals surface area contributed by atoms with Gasteiger partial charge in [-0.1, -0.05) is 0 Å². The molecule has 0 spiro atoms. The Bertz CT molecular complexity index is 692. The lowest BCUT2D eigenvalue weighted by Gasteiger charge is -2.36. The minimum atomic E-state index is -3.71. The van der Waals surface area contributed by atoms with Crippen LogP contribution in [-0.2, 0) is 10.0 Å². The Morgan fingerprint density at radius 3 is 2.70 bits per heavy atom. The van der Waals surface area contributed by atoms with Crippen molar-refractivity contribution >= 4 is 21.4 Å². The maximum absolute atomic E-state index is 11.8. The third kappa shape index (κ3) is 3.80. The van der Waals surface area contributed by atoms with Gasteiger partial charge in [0.1, 0.15) is 5.69 Å². The quantitative estimate of drug-likeness (QED) is 0.634. The van der Waals surface area contributed by atoms with E-state index < -0.39 is 14.9 Å². The summed E-state index contributed by atoms with van der Waals surface area (Å²) in [5, 5.41) is 11.4. The van der Waals surface area contributed by atoms with Gasteiger partial charge >= 0.3 is 0 Å². The Morgan fingerprint density at radius 1 is 1.43 bits per heavy atom. The highest BCUT2D eigenvalue weighted by Gasteiger charge is 2.27. The summed E-state index contributed by atoms with van der Waals surface area (Å²) in [6, 6.07) is 4.19. The number of hydrogen-bond donors (Lipinski definition) is 1.